The number of nitrogens with zero attached hydrogens (tertiary/aromatic N) is 1. The average Bonchev–Trinajstić information content (AvgIpc) is 2.38. The van der Waals surface area contributed by atoms with Gasteiger partial charge in [-0.05, 0) is 46.2 Å². The first-order valence-electron chi connectivity index (χ1n) is 7.86. The highest BCUT2D eigenvalue weighted by molar-refractivity contribution is 5.81. The molecule has 4 nitrogen and oxygen atoms in total. The Hall–Kier alpha value is -0.610. The summed E-state index contributed by atoms with van der Waals surface area (Å²) in [6.07, 6.45) is 4.57. The fraction of sp³-hybridized carbons (Fsp3) is 0.933. The van der Waals surface area contributed by atoms with Gasteiger partial charge in [0.2, 0.25) is 5.91 Å². The van der Waals surface area contributed by atoms with Crippen molar-refractivity contribution >= 4 is 5.91 Å². The molecule has 3 atom stereocenters. The summed E-state index contributed by atoms with van der Waals surface area (Å²) in [5, 5.41) is 6.62. The SMILES string of the molecule is CCCC(C)NC(=O)C(C)N1CCCC(NCC)C1. The minimum absolute atomic E-state index is 0.0132. The third-order valence-electron chi connectivity index (χ3n) is 3.98. The van der Waals surface area contributed by atoms with Gasteiger partial charge in [-0.25, -0.2) is 0 Å². The van der Waals surface area contributed by atoms with Gasteiger partial charge in [0.15, 0.2) is 0 Å². The molecule has 0 aromatic rings. The molecule has 3 unspecified atom stereocenters. The predicted molar refractivity (Wildman–Crippen MR) is 80.2 cm³/mol. The molecule has 112 valence electrons. The molecule has 0 bridgehead atoms. The maximum absolute atomic E-state index is 12.2. The summed E-state index contributed by atoms with van der Waals surface area (Å²) >= 11 is 0. The molecule has 0 saturated carbocycles. The number of carbonyl (C=O) groups is 1. The van der Waals surface area contributed by atoms with E-state index >= 15 is 0 Å². The predicted octanol–water partition coefficient (Wildman–Crippen LogP) is 1.75. The number of hydrogen-bond donors (Lipinski definition) is 2. The number of likely N-dealkylation sites (N-methyl/N-ethyl adjacent to an activating group) is 1. The Bertz CT molecular complexity index is 268. The van der Waals surface area contributed by atoms with Crippen LogP contribution in [0, 0.1) is 0 Å². The van der Waals surface area contributed by atoms with Gasteiger partial charge in [0.05, 0.1) is 6.04 Å². The summed E-state index contributed by atoms with van der Waals surface area (Å²) < 4.78 is 0. The van der Waals surface area contributed by atoms with E-state index in [0.29, 0.717) is 6.04 Å². The third-order valence-corrected chi connectivity index (χ3v) is 3.98. The Morgan fingerprint density at radius 2 is 2.11 bits per heavy atom. The molecule has 19 heavy (non-hydrogen) atoms. The van der Waals surface area contributed by atoms with Crippen LogP contribution in [0.1, 0.15) is 53.4 Å². The smallest absolute Gasteiger partial charge is 0.237 e. The van der Waals surface area contributed by atoms with Crippen molar-refractivity contribution in [1.29, 1.82) is 0 Å². The maximum atomic E-state index is 12.2. The number of amides is 1. The zero-order chi connectivity index (χ0) is 14.3. The molecule has 1 heterocycles. The zero-order valence-electron chi connectivity index (χ0n) is 13.0. The highest BCUT2D eigenvalue weighted by Crippen LogP contribution is 2.13. The van der Waals surface area contributed by atoms with Crippen molar-refractivity contribution < 1.29 is 4.79 Å². The van der Waals surface area contributed by atoms with E-state index in [0.717, 1.165) is 32.5 Å². The Balaban J connectivity index is 2.42. The second-order valence-electron chi connectivity index (χ2n) is 5.77. The number of hydrogen-bond acceptors (Lipinski definition) is 3. The molecule has 0 spiro atoms. The molecule has 1 amide bonds. The Morgan fingerprint density at radius 3 is 2.74 bits per heavy atom. The van der Waals surface area contributed by atoms with Crippen LogP contribution in [0.5, 0.6) is 0 Å². The first kappa shape index (κ1) is 16.4. The van der Waals surface area contributed by atoms with Crippen LogP contribution in [0.3, 0.4) is 0 Å². The summed E-state index contributed by atoms with van der Waals surface area (Å²) in [5.74, 6) is 0.179. The molecule has 0 aromatic carbocycles. The van der Waals surface area contributed by atoms with Crippen LogP contribution in [-0.4, -0.2) is 48.6 Å². The van der Waals surface area contributed by atoms with Crippen molar-refractivity contribution in [2.45, 2.75) is 71.5 Å². The molecule has 1 rings (SSSR count). The van der Waals surface area contributed by atoms with Gasteiger partial charge in [0.25, 0.3) is 0 Å². The summed E-state index contributed by atoms with van der Waals surface area (Å²) in [5.41, 5.74) is 0. The van der Waals surface area contributed by atoms with Gasteiger partial charge in [-0.15, -0.1) is 0 Å². The summed E-state index contributed by atoms with van der Waals surface area (Å²) in [6, 6.07) is 0.817. The molecule has 1 saturated heterocycles. The molecule has 1 aliphatic rings. The van der Waals surface area contributed by atoms with Crippen molar-refractivity contribution in [3.05, 3.63) is 0 Å². The lowest BCUT2D eigenvalue weighted by Crippen LogP contribution is -2.54. The van der Waals surface area contributed by atoms with E-state index in [1.165, 1.54) is 12.8 Å². The average molecular weight is 269 g/mol. The minimum atomic E-state index is -0.0132. The maximum Gasteiger partial charge on any atom is 0.237 e. The summed E-state index contributed by atoms with van der Waals surface area (Å²) in [4.78, 5) is 14.5. The van der Waals surface area contributed by atoms with Gasteiger partial charge in [0.1, 0.15) is 0 Å². The normalized spacial score (nSPS) is 23.9. The fourth-order valence-electron chi connectivity index (χ4n) is 2.85. The number of rotatable bonds is 7. The molecular weight excluding hydrogens is 238 g/mol. The Kier molecular flexibility index (Phi) is 7.39. The molecule has 2 N–H and O–H groups in total. The highest BCUT2D eigenvalue weighted by atomic mass is 16.2. The van der Waals surface area contributed by atoms with Gasteiger partial charge in [0, 0.05) is 18.6 Å². The van der Waals surface area contributed by atoms with E-state index in [1.54, 1.807) is 0 Å². The highest BCUT2D eigenvalue weighted by Gasteiger charge is 2.27. The fourth-order valence-corrected chi connectivity index (χ4v) is 2.85. The standard InChI is InChI=1S/C15H31N3O/c1-5-8-12(3)17-15(19)13(4)18-10-7-9-14(11-18)16-6-2/h12-14,16H,5-11H2,1-4H3,(H,17,19). The molecule has 0 radical (unpaired) electrons. The number of carbonyl (C=O) groups excluding carboxylic acids is 1. The number of nitrogens with one attached hydrogen (secondary N) is 2. The van der Waals surface area contributed by atoms with E-state index in [9.17, 15) is 4.79 Å². The van der Waals surface area contributed by atoms with Crippen LogP contribution in [0.15, 0.2) is 0 Å². The Labute approximate surface area is 118 Å². The Morgan fingerprint density at radius 1 is 1.37 bits per heavy atom. The van der Waals surface area contributed by atoms with E-state index in [-0.39, 0.29) is 18.0 Å². The van der Waals surface area contributed by atoms with Crippen LogP contribution in [0.2, 0.25) is 0 Å². The molecular formula is C15H31N3O. The summed E-state index contributed by atoms with van der Waals surface area (Å²) in [7, 11) is 0. The van der Waals surface area contributed by atoms with Crippen LogP contribution < -0.4 is 10.6 Å². The lowest BCUT2D eigenvalue weighted by Gasteiger charge is -2.36. The molecule has 1 fully saturated rings. The first-order chi connectivity index (χ1) is 9.08. The van der Waals surface area contributed by atoms with Crippen LogP contribution in [0.25, 0.3) is 0 Å². The van der Waals surface area contributed by atoms with E-state index < -0.39 is 0 Å². The number of piperidine rings is 1. The first-order valence-corrected chi connectivity index (χ1v) is 7.86. The topological polar surface area (TPSA) is 44.4 Å². The van der Waals surface area contributed by atoms with Crippen molar-refractivity contribution in [1.82, 2.24) is 15.5 Å². The van der Waals surface area contributed by atoms with Crippen LogP contribution in [0.4, 0.5) is 0 Å². The van der Waals surface area contributed by atoms with Crippen molar-refractivity contribution in [3.63, 3.8) is 0 Å². The quantitative estimate of drug-likeness (QED) is 0.740. The molecule has 4 heteroatoms. The molecule has 0 aromatic heterocycles. The third kappa shape index (κ3) is 5.49. The van der Waals surface area contributed by atoms with Gasteiger partial charge >= 0.3 is 0 Å². The van der Waals surface area contributed by atoms with Crippen molar-refractivity contribution in [2.24, 2.45) is 0 Å². The lowest BCUT2D eigenvalue weighted by molar-refractivity contribution is -0.127. The van der Waals surface area contributed by atoms with Gasteiger partial charge in [-0.2, -0.15) is 0 Å². The minimum Gasteiger partial charge on any atom is -0.352 e. The van der Waals surface area contributed by atoms with Crippen molar-refractivity contribution in [2.75, 3.05) is 19.6 Å². The van der Waals surface area contributed by atoms with Gasteiger partial charge < -0.3 is 10.6 Å². The van der Waals surface area contributed by atoms with Crippen molar-refractivity contribution in [3.8, 4) is 0 Å². The number of likely N-dealkylation sites (tertiary alicyclic amines) is 1. The van der Waals surface area contributed by atoms with E-state index in [1.807, 2.05) is 6.92 Å². The lowest BCUT2D eigenvalue weighted by atomic mass is 10.0. The molecule has 0 aliphatic carbocycles. The summed E-state index contributed by atoms with van der Waals surface area (Å²) in [6.45, 7) is 11.4. The second-order valence-corrected chi connectivity index (χ2v) is 5.77. The van der Waals surface area contributed by atoms with E-state index in [4.69, 9.17) is 0 Å². The second kappa shape index (κ2) is 8.54. The van der Waals surface area contributed by atoms with Gasteiger partial charge in [-0.1, -0.05) is 20.3 Å². The monoisotopic (exact) mass is 269 g/mol. The van der Waals surface area contributed by atoms with Crippen LogP contribution in [-0.2, 0) is 4.79 Å². The van der Waals surface area contributed by atoms with Gasteiger partial charge in [-0.3, -0.25) is 9.69 Å². The van der Waals surface area contributed by atoms with Crippen LogP contribution >= 0.6 is 0 Å². The largest absolute Gasteiger partial charge is 0.352 e. The zero-order valence-corrected chi connectivity index (χ0v) is 13.0. The molecule has 1 aliphatic heterocycles. The van der Waals surface area contributed by atoms with E-state index in [2.05, 4.69) is 36.3 Å².